The summed E-state index contributed by atoms with van der Waals surface area (Å²) in [6.45, 7) is 0. The van der Waals surface area contributed by atoms with E-state index in [0.717, 1.165) is 19.3 Å². The maximum Gasteiger partial charge on any atom is 0.223 e. The summed E-state index contributed by atoms with van der Waals surface area (Å²) in [5, 5.41) is 10.1. The van der Waals surface area contributed by atoms with Crippen molar-refractivity contribution >= 4 is 28.7 Å². The van der Waals surface area contributed by atoms with Crippen LogP contribution >= 0.6 is 11.6 Å². The SMILES string of the molecule is Nc1nc(Cl)c2ncn([C@@H]3C[C@H]4CC[C@@H](O)[C@H]4O3)c2n1. The lowest BCUT2D eigenvalue weighted by atomic mass is 10.0. The topological polar surface area (TPSA) is 99.1 Å². The Bertz CT molecular complexity index is 675. The highest BCUT2D eigenvalue weighted by molar-refractivity contribution is 6.33. The molecule has 106 valence electrons. The highest BCUT2D eigenvalue weighted by Gasteiger charge is 2.44. The number of fused-ring (bicyclic) bond motifs is 2. The molecule has 7 nitrogen and oxygen atoms in total. The molecule has 8 heteroatoms. The molecule has 2 fully saturated rings. The Morgan fingerprint density at radius 3 is 3.05 bits per heavy atom. The highest BCUT2D eigenvalue weighted by atomic mass is 35.5. The van der Waals surface area contributed by atoms with Crippen LogP contribution in [0.1, 0.15) is 25.5 Å². The van der Waals surface area contributed by atoms with Crippen LogP contribution in [0, 0.1) is 5.92 Å². The Labute approximate surface area is 119 Å². The third-order valence-corrected chi connectivity index (χ3v) is 4.47. The van der Waals surface area contributed by atoms with Crippen molar-refractivity contribution in [2.75, 3.05) is 5.73 Å². The molecule has 0 amide bonds. The van der Waals surface area contributed by atoms with Gasteiger partial charge in [0.1, 0.15) is 11.7 Å². The number of aliphatic hydroxyl groups is 1. The standard InChI is InChI=1S/C12H14ClN5O2/c13-10-8-11(17-12(14)16-10)18(4-15-8)7-3-5-1-2-6(19)9(5)20-7/h4-7,9,19H,1-3H2,(H2,14,16,17)/t5-,6-,7+,9+/m1/s1. The van der Waals surface area contributed by atoms with Crippen LogP contribution in [0.4, 0.5) is 5.95 Å². The van der Waals surface area contributed by atoms with Gasteiger partial charge in [-0.3, -0.25) is 4.57 Å². The molecule has 4 rings (SSSR count). The molecule has 0 radical (unpaired) electrons. The number of aromatic nitrogens is 4. The maximum atomic E-state index is 9.90. The molecule has 3 N–H and O–H groups in total. The molecule has 4 atom stereocenters. The van der Waals surface area contributed by atoms with Gasteiger partial charge >= 0.3 is 0 Å². The molecule has 0 bridgehead atoms. The first kappa shape index (κ1) is 12.3. The first-order chi connectivity index (χ1) is 9.63. The fraction of sp³-hybridized carbons (Fsp3) is 0.583. The van der Waals surface area contributed by atoms with E-state index < -0.39 is 0 Å². The number of nitrogens with two attached hydrogens (primary N) is 1. The van der Waals surface area contributed by atoms with Gasteiger partial charge in [0.15, 0.2) is 10.8 Å². The van der Waals surface area contributed by atoms with Gasteiger partial charge in [-0.15, -0.1) is 0 Å². The summed E-state index contributed by atoms with van der Waals surface area (Å²) in [4.78, 5) is 12.3. The number of hydrogen-bond acceptors (Lipinski definition) is 6. The number of aliphatic hydroxyl groups excluding tert-OH is 1. The number of nitrogen functional groups attached to an aromatic ring is 1. The third-order valence-electron chi connectivity index (χ3n) is 4.20. The van der Waals surface area contributed by atoms with E-state index in [1.165, 1.54) is 0 Å². The van der Waals surface area contributed by atoms with Gasteiger partial charge in [-0.1, -0.05) is 11.6 Å². The summed E-state index contributed by atoms with van der Waals surface area (Å²) in [5.41, 5.74) is 6.72. The van der Waals surface area contributed by atoms with Crippen molar-refractivity contribution in [1.82, 2.24) is 19.5 Å². The zero-order valence-corrected chi connectivity index (χ0v) is 11.4. The Kier molecular flexibility index (Phi) is 2.63. The Morgan fingerprint density at radius 2 is 2.25 bits per heavy atom. The first-order valence-electron chi connectivity index (χ1n) is 6.62. The lowest BCUT2D eigenvalue weighted by Crippen LogP contribution is -2.23. The molecule has 1 aliphatic carbocycles. The van der Waals surface area contributed by atoms with Gasteiger partial charge in [0, 0.05) is 0 Å². The molecule has 2 aliphatic rings. The van der Waals surface area contributed by atoms with Gasteiger partial charge in [0.2, 0.25) is 5.95 Å². The van der Waals surface area contributed by atoms with Crippen molar-refractivity contribution in [3.05, 3.63) is 11.5 Å². The summed E-state index contributed by atoms with van der Waals surface area (Å²) in [7, 11) is 0. The van der Waals surface area contributed by atoms with Crippen LogP contribution < -0.4 is 5.73 Å². The number of halogens is 1. The average molecular weight is 296 g/mol. The fourth-order valence-corrected chi connectivity index (χ4v) is 3.48. The van der Waals surface area contributed by atoms with Crippen LogP contribution in [-0.2, 0) is 4.74 Å². The van der Waals surface area contributed by atoms with Crippen LogP contribution in [-0.4, -0.2) is 36.8 Å². The monoisotopic (exact) mass is 295 g/mol. The molecule has 0 spiro atoms. The minimum Gasteiger partial charge on any atom is -0.390 e. The van der Waals surface area contributed by atoms with Crippen LogP contribution in [0.5, 0.6) is 0 Å². The van der Waals surface area contributed by atoms with Gasteiger partial charge < -0.3 is 15.6 Å². The van der Waals surface area contributed by atoms with Gasteiger partial charge in [-0.2, -0.15) is 9.97 Å². The molecule has 2 aromatic heterocycles. The molecular formula is C12H14ClN5O2. The van der Waals surface area contributed by atoms with E-state index in [1.54, 1.807) is 6.33 Å². The van der Waals surface area contributed by atoms with Crippen LogP contribution in [0.2, 0.25) is 5.15 Å². The maximum absolute atomic E-state index is 9.90. The number of hydrogen-bond donors (Lipinski definition) is 2. The van der Waals surface area contributed by atoms with E-state index in [2.05, 4.69) is 15.0 Å². The van der Waals surface area contributed by atoms with Crippen molar-refractivity contribution in [1.29, 1.82) is 0 Å². The highest BCUT2D eigenvalue weighted by Crippen LogP contribution is 2.43. The first-order valence-corrected chi connectivity index (χ1v) is 7.00. The Morgan fingerprint density at radius 1 is 1.40 bits per heavy atom. The molecule has 2 aromatic rings. The van der Waals surface area contributed by atoms with E-state index in [1.807, 2.05) is 4.57 Å². The molecule has 0 unspecified atom stereocenters. The second-order valence-electron chi connectivity index (χ2n) is 5.39. The zero-order valence-electron chi connectivity index (χ0n) is 10.6. The van der Waals surface area contributed by atoms with Crippen molar-refractivity contribution in [3.8, 4) is 0 Å². The lowest BCUT2D eigenvalue weighted by molar-refractivity contribution is -0.0525. The minimum absolute atomic E-state index is 0.0906. The van der Waals surface area contributed by atoms with E-state index in [4.69, 9.17) is 22.1 Å². The molecule has 3 heterocycles. The molecule has 1 saturated heterocycles. The number of imidazole rings is 1. The molecule has 0 aromatic carbocycles. The van der Waals surface area contributed by atoms with Crippen molar-refractivity contribution in [2.24, 2.45) is 5.92 Å². The smallest absolute Gasteiger partial charge is 0.223 e. The second-order valence-corrected chi connectivity index (χ2v) is 5.75. The molecule has 1 aliphatic heterocycles. The van der Waals surface area contributed by atoms with Crippen LogP contribution in [0.25, 0.3) is 11.2 Å². The minimum atomic E-state index is -0.372. The van der Waals surface area contributed by atoms with Crippen LogP contribution in [0.3, 0.4) is 0 Å². The quantitative estimate of drug-likeness (QED) is 0.765. The van der Waals surface area contributed by atoms with Crippen molar-refractivity contribution in [2.45, 2.75) is 37.7 Å². The third kappa shape index (κ3) is 1.70. The summed E-state index contributed by atoms with van der Waals surface area (Å²) < 4.78 is 7.78. The average Bonchev–Trinajstić information content (AvgIpc) is 3.05. The molecule has 20 heavy (non-hydrogen) atoms. The van der Waals surface area contributed by atoms with E-state index in [9.17, 15) is 5.11 Å². The Hall–Kier alpha value is -1.44. The van der Waals surface area contributed by atoms with E-state index >= 15 is 0 Å². The van der Waals surface area contributed by atoms with Gasteiger partial charge in [0.05, 0.1) is 18.5 Å². The molecule has 1 saturated carbocycles. The predicted molar refractivity (Wildman–Crippen MR) is 72.0 cm³/mol. The number of anilines is 1. The van der Waals surface area contributed by atoms with Gasteiger partial charge in [0.25, 0.3) is 0 Å². The Balaban J connectivity index is 1.73. The number of rotatable bonds is 1. The van der Waals surface area contributed by atoms with Gasteiger partial charge in [-0.25, -0.2) is 4.98 Å². The van der Waals surface area contributed by atoms with E-state index in [0.29, 0.717) is 17.1 Å². The van der Waals surface area contributed by atoms with Gasteiger partial charge in [-0.05, 0) is 25.2 Å². The predicted octanol–water partition coefficient (Wildman–Crippen LogP) is 1.12. The van der Waals surface area contributed by atoms with Crippen molar-refractivity contribution < 1.29 is 9.84 Å². The largest absolute Gasteiger partial charge is 0.390 e. The van der Waals surface area contributed by atoms with Crippen molar-refractivity contribution in [3.63, 3.8) is 0 Å². The number of nitrogens with zero attached hydrogens (tertiary/aromatic N) is 4. The zero-order chi connectivity index (χ0) is 13.9. The van der Waals surface area contributed by atoms with Crippen LogP contribution in [0.15, 0.2) is 6.33 Å². The summed E-state index contributed by atoms with van der Waals surface area (Å²) in [6.07, 6.45) is 3.64. The second kappa shape index (κ2) is 4.28. The fourth-order valence-electron chi connectivity index (χ4n) is 3.26. The normalized spacial score (nSPS) is 32.9. The summed E-state index contributed by atoms with van der Waals surface area (Å²) in [6, 6.07) is 0. The molecular weight excluding hydrogens is 282 g/mol. The summed E-state index contributed by atoms with van der Waals surface area (Å²) in [5.74, 6) is 0.504. The summed E-state index contributed by atoms with van der Waals surface area (Å²) >= 11 is 6.01. The number of ether oxygens (including phenoxy) is 1. The van der Waals surface area contributed by atoms with E-state index in [-0.39, 0.29) is 29.5 Å². The lowest BCUT2D eigenvalue weighted by Gasteiger charge is -2.16.